The van der Waals surface area contributed by atoms with Crippen LogP contribution in [0.5, 0.6) is 0 Å². The first-order valence-electron chi connectivity index (χ1n) is 14.3. The molecule has 0 spiro atoms. The molecule has 0 aromatic heterocycles. The number of carboxylic acids is 1. The third-order valence-electron chi connectivity index (χ3n) is 7.64. The Hall–Kier alpha value is -3.91. The number of rotatable bonds is 9. The Kier molecular flexibility index (Phi) is 10.1. The Morgan fingerprint density at radius 3 is 2.44 bits per heavy atom. The van der Waals surface area contributed by atoms with Gasteiger partial charge in [0.25, 0.3) is 0 Å². The monoisotopic (exact) mass is 644 g/mol. The summed E-state index contributed by atoms with van der Waals surface area (Å²) in [4.78, 5) is 37.7. The van der Waals surface area contributed by atoms with Crippen molar-refractivity contribution in [1.82, 2.24) is 4.90 Å². The van der Waals surface area contributed by atoms with E-state index in [1.165, 1.54) is 17.8 Å². The number of alkyl halides is 3. The van der Waals surface area contributed by atoms with E-state index in [0.29, 0.717) is 33.2 Å². The van der Waals surface area contributed by atoms with Crippen LogP contribution in [0.3, 0.4) is 0 Å². The molecule has 3 aromatic rings. The topological polar surface area (TPSA) is 125 Å². The third-order valence-corrected chi connectivity index (χ3v) is 8.85. The highest BCUT2D eigenvalue weighted by Crippen LogP contribution is 2.40. The number of carboxylic acid groups (broad SMARTS) is 1. The number of carbonyl (C=O) groups excluding carboxylic acids is 2. The molecule has 45 heavy (non-hydrogen) atoms. The Labute approximate surface area is 261 Å². The molecule has 2 fully saturated rings. The molecule has 0 bridgehead atoms. The first-order chi connectivity index (χ1) is 21.5. The fourth-order valence-corrected chi connectivity index (χ4v) is 6.47. The normalized spacial score (nSPS) is 21.8. The standard InChI is InChI=1S/C32H31F3N2O7S/c33-32(34,35)31(42)37-14-4-8-25(37)28(39)36-22-6-3-5-21(15-22)30-43-23(18-45-27-9-2-1-7-24(27)29(40)41)16-26(44-30)20-12-10-19(17-38)11-13-20/h1-3,5-7,9-13,15,23,25-26,30,38H,4,8,14,16-18H2,(H,36,39)(H,40,41). The number of hydrogen-bond donors (Lipinski definition) is 3. The van der Waals surface area contributed by atoms with Crippen molar-refractivity contribution < 1.29 is 47.2 Å². The maximum Gasteiger partial charge on any atom is 0.471 e. The molecule has 2 saturated heterocycles. The van der Waals surface area contributed by atoms with Gasteiger partial charge < -0.3 is 29.9 Å². The largest absolute Gasteiger partial charge is 0.478 e. The highest BCUT2D eigenvalue weighted by Gasteiger charge is 2.47. The first kappa shape index (κ1) is 32.5. The van der Waals surface area contributed by atoms with Crippen LogP contribution in [0.4, 0.5) is 18.9 Å². The zero-order valence-electron chi connectivity index (χ0n) is 23.9. The van der Waals surface area contributed by atoms with Crippen LogP contribution >= 0.6 is 11.8 Å². The number of aromatic carboxylic acids is 1. The van der Waals surface area contributed by atoms with E-state index in [1.807, 2.05) is 12.1 Å². The van der Waals surface area contributed by atoms with Gasteiger partial charge in [-0.3, -0.25) is 9.59 Å². The number of hydrogen-bond acceptors (Lipinski definition) is 7. The first-order valence-corrected chi connectivity index (χ1v) is 15.3. The number of ether oxygens (including phenoxy) is 2. The summed E-state index contributed by atoms with van der Waals surface area (Å²) < 4.78 is 51.9. The summed E-state index contributed by atoms with van der Waals surface area (Å²) in [6.07, 6.45) is -5.92. The van der Waals surface area contributed by atoms with E-state index in [1.54, 1.807) is 54.6 Å². The molecular weight excluding hydrogens is 613 g/mol. The summed E-state index contributed by atoms with van der Waals surface area (Å²) in [7, 11) is 0. The maximum atomic E-state index is 13.1. The Morgan fingerprint density at radius 1 is 0.978 bits per heavy atom. The van der Waals surface area contributed by atoms with E-state index >= 15 is 0 Å². The van der Waals surface area contributed by atoms with E-state index in [-0.39, 0.29) is 37.7 Å². The molecule has 9 nitrogen and oxygen atoms in total. The summed E-state index contributed by atoms with van der Waals surface area (Å²) in [5.41, 5.74) is 2.61. The van der Waals surface area contributed by atoms with Gasteiger partial charge in [0, 0.05) is 34.9 Å². The molecular formula is C32H31F3N2O7S. The summed E-state index contributed by atoms with van der Waals surface area (Å²) in [6, 6.07) is 19.3. The predicted octanol–water partition coefficient (Wildman–Crippen LogP) is 5.71. The molecule has 3 N–H and O–H groups in total. The SMILES string of the molecule is O=C(O)c1ccccc1SCC1CC(c2ccc(CO)cc2)OC(c2cccc(NC(=O)C3CCCN3C(=O)C(F)(F)F)c2)O1. The van der Waals surface area contributed by atoms with Crippen molar-refractivity contribution >= 4 is 35.2 Å². The van der Waals surface area contributed by atoms with E-state index in [9.17, 15) is 37.8 Å². The second-order valence-corrected chi connectivity index (χ2v) is 11.8. The molecule has 3 aromatic carbocycles. The number of anilines is 1. The summed E-state index contributed by atoms with van der Waals surface area (Å²) in [5.74, 6) is -3.38. The van der Waals surface area contributed by atoms with Crippen LogP contribution in [0.1, 0.15) is 58.7 Å². The number of benzene rings is 3. The van der Waals surface area contributed by atoms with E-state index < -0.39 is 42.4 Å². The highest BCUT2D eigenvalue weighted by atomic mass is 32.2. The Balaban J connectivity index is 1.34. The van der Waals surface area contributed by atoms with Gasteiger partial charge in [-0.2, -0.15) is 13.2 Å². The molecule has 0 saturated carbocycles. The number of nitrogens with one attached hydrogen (secondary N) is 1. The fraction of sp³-hybridized carbons (Fsp3) is 0.344. The van der Waals surface area contributed by atoms with Crippen molar-refractivity contribution in [2.45, 2.75) is 61.5 Å². The molecule has 0 radical (unpaired) electrons. The second kappa shape index (κ2) is 14.0. The summed E-state index contributed by atoms with van der Waals surface area (Å²) in [5, 5.41) is 21.7. The number of likely N-dealkylation sites (tertiary alicyclic amines) is 1. The summed E-state index contributed by atoms with van der Waals surface area (Å²) >= 11 is 1.35. The van der Waals surface area contributed by atoms with Crippen LogP contribution in [0.2, 0.25) is 0 Å². The van der Waals surface area contributed by atoms with Gasteiger partial charge in [0.2, 0.25) is 5.91 Å². The average Bonchev–Trinajstić information content (AvgIpc) is 3.53. The molecule has 4 unspecified atom stereocenters. The van der Waals surface area contributed by atoms with Crippen LogP contribution in [-0.2, 0) is 25.7 Å². The van der Waals surface area contributed by atoms with E-state index in [2.05, 4.69) is 5.32 Å². The van der Waals surface area contributed by atoms with Crippen molar-refractivity contribution in [2.24, 2.45) is 0 Å². The lowest BCUT2D eigenvalue weighted by Crippen LogP contribution is -2.48. The van der Waals surface area contributed by atoms with Crippen LogP contribution in [0.25, 0.3) is 0 Å². The molecule has 2 heterocycles. The zero-order chi connectivity index (χ0) is 32.1. The second-order valence-electron chi connectivity index (χ2n) is 10.7. The lowest BCUT2D eigenvalue weighted by molar-refractivity contribution is -0.245. The van der Waals surface area contributed by atoms with Crippen molar-refractivity contribution in [1.29, 1.82) is 0 Å². The average molecular weight is 645 g/mol. The zero-order valence-corrected chi connectivity index (χ0v) is 24.7. The Morgan fingerprint density at radius 2 is 1.73 bits per heavy atom. The molecule has 5 rings (SSSR count). The molecule has 2 amide bonds. The van der Waals surface area contributed by atoms with Gasteiger partial charge in [-0.1, -0.05) is 48.5 Å². The molecule has 4 atom stereocenters. The van der Waals surface area contributed by atoms with Gasteiger partial charge >= 0.3 is 18.1 Å². The highest BCUT2D eigenvalue weighted by molar-refractivity contribution is 7.99. The van der Waals surface area contributed by atoms with Crippen molar-refractivity contribution in [3.8, 4) is 0 Å². The van der Waals surface area contributed by atoms with Gasteiger partial charge in [0.05, 0.1) is 24.4 Å². The van der Waals surface area contributed by atoms with Crippen molar-refractivity contribution in [2.75, 3.05) is 17.6 Å². The molecule has 13 heteroatoms. The third kappa shape index (κ3) is 7.85. The minimum Gasteiger partial charge on any atom is -0.478 e. The number of amides is 2. The number of halogens is 3. The minimum absolute atomic E-state index is 0.110. The smallest absolute Gasteiger partial charge is 0.471 e. The van der Waals surface area contributed by atoms with Crippen molar-refractivity contribution in [3.63, 3.8) is 0 Å². The summed E-state index contributed by atoms with van der Waals surface area (Å²) in [6.45, 7) is -0.265. The Bertz CT molecular complexity index is 1540. The molecule has 2 aliphatic heterocycles. The van der Waals surface area contributed by atoms with Crippen molar-refractivity contribution in [3.05, 3.63) is 95.1 Å². The minimum atomic E-state index is -5.07. The van der Waals surface area contributed by atoms with E-state index in [4.69, 9.17) is 9.47 Å². The van der Waals surface area contributed by atoms with Crippen LogP contribution in [0.15, 0.2) is 77.7 Å². The maximum absolute atomic E-state index is 13.1. The van der Waals surface area contributed by atoms with Crippen LogP contribution in [0, 0.1) is 0 Å². The molecule has 2 aliphatic rings. The quantitative estimate of drug-likeness (QED) is 0.253. The van der Waals surface area contributed by atoms with E-state index in [0.717, 1.165) is 11.1 Å². The number of carbonyl (C=O) groups is 3. The molecule has 0 aliphatic carbocycles. The van der Waals surface area contributed by atoms with Crippen LogP contribution < -0.4 is 5.32 Å². The number of aliphatic hydroxyl groups excluding tert-OH is 1. The van der Waals surface area contributed by atoms with Gasteiger partial charge in [-0.15, -0.1) is 11.8 Å². The molecule has 238 valence electrons. The van der Waals surface area contributed by atoms with Crippen LogP contribution in [-0.4, -0.2) is 63.5 Å². The fourth-order valence-electron chi connectivity index (χ4n) is 5.41. The predicted molar refractivity (Wildman–Crippen MR) is 158 cm³/mol. The van der Waals surface area contributed by atoms with Gasteiger partial charge in [-0.05, 0) is 48.2 Å². The number of nitrogens with zero attached hydrogens (tertiary/aromatic N) is 1. The lowest BCUT2D eigenvalue weighted by Gasteiger charge is -2.36. The van der Waals surface area contributed by atoms with Gasteiger partial charge in [-0.25, -0.2) is 4.79 Å². The van der Waals surface area contributed by atoms with Gasteiger partial charge in [0.1, 0.15) is 6.04 Å². The lowest BCUT2D eigenvalue weighted by atomic mass is 10.0. The van der Waals surface area contributed by atoms with Gasteiger partial charge in [0.15, 0.2) is 6.29 Å². The number of aliphatic hydroxyl groups is 1. The number of thioether (sulfide) groups is 1.